The molecule has 5 heteroatoms. The minimum atomic E-state index is -0.120. The van der Waals surface area contributed by atoms with Crippen molar-refractivity contribution in [3.63, 3.8) is 0 Å². The zero-order chi connectivity index (χ0) is 14.5. The van der Waals surface area contributed by atoms with Gasteiger partial charge in [0.15, 0.2) is 0 Å². The van der Waals surface area contributed by atoms with Gasteiger partial charge < -0.3 is 5.32 Å². The highest BCUT2D eigenvalue weighted by atomic mass is 16.1. The molecular formula is C15H16N4O. The summed E-state index contributed by atoms with van der Waals surface area (Å²) < 4.78 is 1.49. The van der Waals surface area contributed by atoms with Crippen LogP contribution in [-0.4, -0.2) is 15.7 Å². The molecule has 0 bridgehead atoms. The maximum Gasteiger partial charge on any atom is 0.225 e. The molecule has 102 valence electrons. The maximum atomic E-state index is 11.9. The zero-order valence-electron chi connectivity index (χ0n) is 11.6. The highest BCUT2D eigenvalue weighted by molar-refractivity contribution is 5.91. The lowest BCUT2D eigenvalue weighted by molar-refractivity contribution is -0.116. The van der Waals surface area contributed by atoms with Crippen LogP contribution in [0.2, 0.25) is 0 Å². The first-order valence-electron chi connectivity index (χ1n) is 6.37. The number of anilines is 1. The van der Waals surface area contributed by atoms with E-state index in [4.69, 9.17) is 5.26 Å². The first-order chi connectivity index (χ1) is 9.60. The molecule has 0 aliphatic heterocycles. The molecule has 0 fully saturated rings. The van der Waals surface area contributed by atoms with E-state index in [2.05, 4.69) is 10.4 Å². The second-order valence-electron chi connectivity index (χ2n) is 4.68. The van der Waals surface area contributed by atoms with Gasteiger partial charge in [-0.15, -0.1) is 0 Å². The van der Waals surface area contributed by atoms with Crippen LogP contribution >= 0.6 is 0 Å². The maximum absolute atomic E-state index is 11.9. The van der Waals surface area contributed by atoms with Crippen molar-refractivity contribution in [2.45, 2.75) is 19.8 Å². The molecule has 20 heavy (non-hydrogen) atoms. The SMILES string of the molecule is Cc1ccc(CCC(=O)Nc2c(C#N)cnn2C)cc1. The lowest BCUT2D eigenvalue weighted by Gasteiger charge is -2.06. The fraction of sp³-hybridized carbons (Fsp3) is 0.267. The number of aromatic nitrogens is 2. The molecule has 0 atom stereocenters. The van der Waals surface area contributed by atoms with E-state index >= 15 is 0 Å². The number of nitrogens with zero attached hydrogens (tertiary/aromatic N) is 3. The van der Waals surface area contributed by atoms with Crippen molar-refractivity contribution >= 4 is 11.7 Å². The average molecular weight is 268 g/mol. The lowest BCUT2D eigenvalue weighted by atomic mass is 10.1. The van der Waals surface area contributed by atoms with Crippen LogP contribution < -0.4 is 5.32 Å². The molecule has 1 aromatic heterocycles. The average Bonchev–Trinajstić information content (AvgIpc) is 2.79. The molecule has 0 unspecified atom stereocenters. The molecule has 0 spiro atoms. The molecule has 0 radical (unpaired) electrons. The van der Waals surface area contributed by atoms with Gasteiger partial charge >= 0.3 is 0 Å². The summed E-state index contributed by atoms with van der Waals surface area (Å²) in [6.07, 6.45) is 2.49. The minimum Gasteiger partial charge on any atom is -0.310 e. The molecule has 0 saturated carbocycles. The number of carbonyl (C=O) groups is 1. The molecule has 2 aromatic rings. The second kappa shape index (κ2) is 6.02. The van der Waals surface area contributed by atoms with Crippen molar-refractivity contribution in [1.29, 1.82) is 5.26 Å². The molecule has 2 rings (SSSR count). The van der Waals surface area contributed by atoms with E-state index in [0.717, 1.165) is 5.56 Å². The summed E-state index contributed by atoms with van der Waals surface area (Å²) >= 11 is 0. The van der Waals surface area contributed by atoms with Gasteiger partial charge in [-0.3, -0.25) is 9.48 Å². The van der Waals surface area contributed by atoms with Gasteiger partial charge in [0.25, 0.3) is 0 Å². The number of hydrogen-bond donors (Lipinski definition) is 1. The zero-order valence-corrected chi connectivity index (χ0v) is 11.6. The Morgan fingerprint density at radius 2 is 2.10 bits per heavy atom. The molecule has 1 N–H and O–H groups in total. The Labute approximate surface area is 117 Å². The summed E-state index contributed by atoms with van der Waals surface area (Å²) in [5.74, 6) is 0.326. The lowest BCUT2D eigenvalue weighted by Crippen LogP contribution is -2.15. The third-order valence-corrected chi connectivity index (χ3v) is 3.08. The first-order valence-corrected chi connectivity index (χ1v) is 6.37. The van der Waals surface area contributed by atoms with Crippen molar-refractivity contribution in [3.05, 3.63) is 47.2 Å². The van der Waals surface area contributed by atoms with E-state index in [0.29, 0.717) is 24.2 Å². The van der Waals surface area contributed by atoms with Gasteiger partial charge in [0.1, 0.15) is 17.5 Å². The largest absolute Gasteiger partial charge is 0.310 e. The molecule has 1 amide bonds. The van der Waals surface area contributed by atoms with E-state index in [1.54, 1.807) is 7.05 Å². The number of benzene rings is 1. The molecule has 0 aliphatic carbocycles. The third-order valence-electron chi connectivity index (χ3n) is 3.08. The number of rotatable bonds is 4. The van der Waals surface area contributed by atoms with Gasteiger partial charge in [-0.05, 0) is 18.9 Å². The summed E-state index contributed by atoms with van der Waals surface area (Å²) in [5, 5.41) is 15.6. The molecule has 0 saturated heterocycles. The van der Waals surface area contributed by atoms with Crippen LogP contribution in [0.5, 0.6) is 0 Å². The number of nitriles is 1. The van der Waals surface area contributed by atoms with E-state index in [-0.39, 0.29) is 5.91 Å². The Hall–Kier alpha value is -2.61. The Bertz CT molecular complexity index is 650. The number of nitrogens with one attached hydrogen (secondary N) is 1. The highest BCUT2D eigenvalue weighted by Crippen LogP contribution is 2.13. The fourth-order valence-electron chi connectivity index (χ4n) is 1.87. The summed E-state index contributed by atoms with van der Waals surface area (Å²) in [6, 6.07) is 10.1. The van der Waals surface area contributed by atoms with Crippen molar-refractivity contribution in [3.8, 4) is 6.07 Å². The summed E-state index contributed by atoms with van der Waals surface area (Å²) in [4.78, 5) is 11.9. The topological polar surface area (TPSA) is 70.7 Å². The summed E-state index contributed by atoms with van der Waals surface area (Å²) in [6.45, 7) is 2.03. The molecule has 1 heterocycles. The van der Waals surface area contributed by atoms with Gasteiger partial charge in [0.05, 0.1) is 6.20 Å². The van der Waals surface area contributed by atoms with Gasteiger partial charge in [0.2, 0.25) is 5.91 Å². The Balaban J connectivity index is 1.94. The van der Waals surface area contributed by atoms with Gasteiger partial charge in [-0.2, -0.15) is 10.4 Å². The van der Waals surface area contributed by atoms with Crippen LogP contribution in [0, 0.1) is 18.3 Å². The molecular weight excluding hydrogens is 252 g/mol. The number of aryl methyl sites for hydroxylation is 3. The van der Waals surface area contributed by atoms with Gasteiger partial charge in [-0.1, -0.05) is 29.8 Å². The van der Waals surface area contributed by atoms with E-state index < -0.39 is 0 Å². The van der Waals surface area contributed by atoms with E-state index in [1.165, 1.54) is 16.4 Å². The quantitative estimate of drug-likeness (QED) is 0.923. The predicted molar refractivity (Wildman–Crippen MR) is 76.1 cm³/mol. The third kappa shape index (κ3) is 3.23. The minimum absolute atomic E-state index is 0.120. The standard InChI is InChI=1S/C15H16N4O/c1-11-3-5-12(6-4-11)7-8-14(20)18-15-13(9-16)10-17-19(15)2/h3-6,10H,7-8H2,1-2H3,(H,18,20). The van der Waals surface area contributed by atoms with Crippen LogP contribution in [-0.2, 0) is 18.3 Å². The summed E-state index contributed by atoms with van der Waals surface area (Å²) in [5.41, 5.74) is 2.69. The molecule has 1 aromatic carbocycles. The Morgan fingerprint density at radius 1 is 1.40 bits per heavy atom. The number of carbonyl (C=O) groups excluding carboxylic acids is 1. The number of hydrogen-bond acceptors (Lipinski definition) is 3. The van der Waals surface area contributed by atoms with Gasteiger partial charge in [-0.25, -0.2) is 0 Å². The highest BCUT2D eigenvalue weighted by Gasteiger charge is 2.11. The second-order valence-corrected chi connectivity index (χ2v) is 4.68. The normalized spacial score (nSPS) is 10.1. The van der Waals surface area contributed by atoms with E-state index in [9.17, 15) is 4.79 Å². The first kappa shape index (κ1) is 13.8. The van der Waals surface area contributed by atoms with Crippen LogP contribution in [0.3, 0.4) is 0 Å². The summed E-state index contributed by atoms with van der Waals surface area (Å²) in [7, 11) is 1.69. The number of amides is 1. The predicted octanol–water partition coefficient (Wildman–Crippen LogP) is 2.17. The van der Waals surface area contributed by atoms with Crippen LogP contribution in [0.4, 0.5) is 5.82 Å². The van der Waals surface area contributed by atoms with Crippen LogP contribution in [0.15, 0.2) is 30.5 Å². The van der Waals surface area contributed by atoms with Crippen molar-refractivity contribution in [2.75, 3.05) is 5.32 Å². The van der Waals surface area contributed by atoms with Crippen molar-refractivity contribution < 1.29 is 4.79 Å². The smallest absolute Gasteiger partial charge is 0.225 e. The monoisotopic (exact) mass is 268 g/mol. The fourth-order valence-corrected chi connectivity index (χ4v) is 1.87. The van der Waals surface area contributed by atoms with Crippen LogP contribution in [0.25, 0.3) is 0 Å². The van der Waals surface area contributed by atoms with Crippen LogP contribution in [0.1, 0.15) is 23.1 Å². The van der Waals surface area contributed by atoms with E-state index in [1.807, 2.05) is 37.3 Å². The molecule has 0 aliphatic rings. The Morgan fingerprint density at radius 3 is 2.75 bits per heavy atom. The van der Waals surface area contributed by atoms with Gasteiger partial charge in [0, 0.05) is 13.5 Å². The van der Waals surface area contributed by atoms with Crippen molar-refractivity contribution in [2.24, 2.45) is 7.05 Å². The Kier molecular flexibility index (Phi) is 4.16. The molecule has 5 nitrogen and oxygen atoms in total. The van der Waals surface area contributed by atoms with Crippen molar-refractivity contribution in [1.82, 2.24) is 9.78 Å².